The summed E-state index contributed by atoms with van der Waals surface area (Å²) in [5, 5.41) is 3.67. The topological polar surface area (TPSA) is 41.6 Å². The number of carbonyl (C=O) groups excluding carboxylic acids is 1. The van der Waals surface area contributed by atoms with Crippen molar-refractivity contribution >= 4 is 5.97 Å². The Morgan fingerprint density at radius 1 is 1.32 bits per heavy atom. The molecule has 0 radical (unpaired) electrons. The zero-order valence-corrected chi connectivity index (χ0v) is 12.0. The first kappa shape index (κ1) is 13.4. The fourth-order valence-corrected chi connectivity index (χ4v) is 3.66. The Hall–Kier alpha value is -0.610. The molecule has 1 atom stereocenters. The van der Waals surface area contributed by atoms with Crippen LogP contribution in [0.3, 0.4) is 0 Å². The van der Waals surface area contributed by atoms with E-state index in [0.29, 0.717) is 12.6 Å². The fourth-order valence-electron chi connectivity index (χ4n) is 3.66. The predicted molar refractivity (Wildman–Crippen MR) is 74.0 cm³/mol. The van der Waals surface area contributed by atoms with E-state index in [1.165, 1.54) is 38.5 Å². The van der Waals surface area contributed by atoms with Crippen LogP contribution in [0.2, 0.25) is 0 Å². The number of likely N-dealkylation sites (tertiary alicyclic amines) is 1. The molecule has 19 heavy (non-hydrogen) atoms. The van der Waals surface area contributed by atoms with Gasteiger partial charge in [-0.3, -0.25) is 10.2 Å². The lowest BCUT2D eigenvalue weighted by Crippen LogP contribution is -2.58. The van der Waals surface area contributed by atoms with E-state index < -0.39 is 5.54 Å². The second-order valence-electron chi connectivity index (χ2n) is 6.38. The Bertz CT molecular complexity index is 337. The van der Waals surface area contributed by atoms with Gasteiger partial charge in [-0.15, -0.1) is 0 Å². The van der Waals surface area contributed by atoms with Gasteiger partial charge in [0, 0.05) is 25.2 Å². The Morgan fingerprint density at radius 3 is 2.68 bits per heavy atom. The molecule has 4 nitrogen and oxygen atoms in total. The van der Waals surface area contributed by atoms with Crippen molar-refractivity contribution in [3.05, 3.63) is 0 Å². The largest absolute Gasteiger partial charge is 0.465 e. The summed E-state index contributed by atoms with van der Waals surface area (Å²) in [7, 11) is 0. The molecule has 3 rings (SSSR count). The van der Waals surface area contributed by atoms with Crippen LogP contribution in [0.15, 0.2) is 0 Å². The smallest absolute Gasteiger partial charge is 0.327 e. The average molecular weight is 266 g/mol. The van der Waals surface area contributed by atoms with Gasteiger partial charge in [-0.2, -0.15) is 0 Å². The van der Waals surface area contributed by atoms with Crippen LogP contribution in [0.25, 0.3) is 0 Å². The van der Waals surface area contributed by atoms with Gasteiger partial charge in [0.15, 0.2) is 0 Å². The van der Waals surface area contributed by atoms with Crippen molar-refractivity contribution in [2.75, 3.05) is 19.7 Å². The second kappa shape index (κ2) is 5.41. The van der Waals surface area contributed by atoms with E-state index in [9.17, 15) is 4.79 Å². The first-order valence-electron chi connectivity index (χ1n) is 7.92. The highest BCUT2D eigenvalue weighted by atomic mass is 16.5. The molecule has 1 aliphatic heterocycles. The number of ether oxygens (including phenoxy) is 1. The van der Waals surface area contributed by atoms with E-state index in [2.05, 4.69) is 10.2 Å². The van der Waals surface area contributed by atoms with Crippen molar-refractivity contribution in [3.8, 4) is 0 Å². The van der Waals surface area contributed by atoms with Crippen LogP contribution in [-0.4, -0.2) is 48.2 Å². The Kier molecular flexibility index (Phi) is 3.81. The van der Waals surface area contributed by atoms with Gasteiger partial charge in [-0.05, 0) is 39.0 Å². The SMILES string of the molecule is CCOC(=O)C1(NC2CCCC2)CCN(C2CC2)C1. The molecule has 3 fully saturated rings. The van der Waals surface area contributed by atoms with Gasteiger partial charge in [0.25, 0.3) is 0 Å². The zero-order valence-electron chi connectivity index (χ0n) is 12.0. The Morgan fingerprint density at radius 2 is 2.05 bits per heavy atom. The normalized spacial score (nSPS) is 32.9. The minimum Gasteiger partial charge on any atom is -0.465 e. The molecule has 3 aliphatic rings. The molecule has 0 spiro atoms. The number of nitrogens with one attached hydrogen (secondary N) is 1. The maximum Gasteiger partial charge on any atom is 0.327 e. The molecular weight excluding hydrogens is 240 g/mol. The Labute approximate surface area is 115 Å². The molecule has 0 bridgehead atoms. The number of nitrogens with zero attached hydrogens (tertiary/aromatic N) is 1. The number of hydrogen-bond acceptors (Lipinski definition) is 4. The molecule has 108 valence electrons. The standard InChI is InChI=1S/C15H26N2O2/c1-2-19-14(18)15(16-12-5-3-4-6-12)9-10-17(11-15)13-7-8-13/h12-13,16H,2-11H2,1H3. The molecule has 0 aromatic rings. The van der Waals surface area contributed by atoms with Gasteiger partial charge >= 0.3 is 5.97 Å². The highest BCUT2D eigenvalue weighted by Gasteiger charge is 2.49. The lowest BCUT2D eigenvalue weighted by atomic mass is 9.96. The van der Waals surface area contributed by atoms with Gasteiger partial charge in [0.05, 0.1) is 6.61 Å². The summed E-state index contributed by atoms with van der Waals surface area (Å²) in [4.78, 5) is 14.9. The highest BCUT2D eigenvalue weighted by Crippen LogP contribution is 2.35. The lowest BCUT2D eigenvalue weighted by Gasteiger charge is -2.31. The van der Waals surface area contributed by atoms with Crippen LogP contribution < -0.4 is 5.32 Å². The van der Waals surface area contributed by atoms with Crippen LogP contribution in [0.1, 0.15) is 51.9 Å². The molecule has 0 amide bonds. The molecule has 0 aromatic heterocycles. The molecule has 1 heterocycles. The number of esters is 1. The zero-order chi connectivity index (χ0) is 13.3. The molecule has 4 heteroatoms. The predicted octanol–water partition coefficient (Wildman–Crippen LogP) is 1.69. The molecule has 2 aliphatic carbocycles. The van der Waals surface area contributed by atoms with Crippen LogP contribution >= 0.6 is 0 Å². The van der Waals surface area contributed by atoms with E-state index in [4.69, 9.17) is 4.74 Å². The summed E-state index contributed by atoms with van der Waals surface area (Å²) in [6.45, 7) is 4.28. The lowest BCUT2D eigenvalue weighted by molar-refractivity contribution is -0.151. The summed E-state index contributed by atoms with van der Waals surface area (Å²) in [6.07, 6.45) is 8.55. The maximum absolute atomic E-state index is 12.4. The van der Waals surface area contributed by atoms with Crippen LogP contribution in [0.5, 0.6) is 0 Å². The maximum atomic E-state index is 12.4. The minimum absolute atomic E-state index is 0.0231. The quantitative estimate of drug-likeness (QED) is 0.769. The first-order chi connectivity index (χ1) is 9.23. The van der Waals surface area contributed by atoms with E-state index >= 15 is 0 Å². The number of rotatable bonds is 5. The van der Waals surface area contributed by atoms with Gasteiger partial charge in [0.1, 0.15) is 5.54 Å². The van der Waals surface area contributed by atoms with Gasteiger partial charge in [0.2, 0.25) is 0 Å². The van der Waals surface area contributed by atoms with E-state index in [1.54, 1.807) is 0 Å². The molecule has 1 saturated heterocycles. The van der Waals surface area contributed by atoms with Crippen molar-refractivity contribution in [3.63, 3.8) is 0 Å². The van der Waals surface area contributed by atoms with Gasteiger partial charge < -0.3 is 4.74 Å². The molecule has 1 unspecified atom stereocenters. The summed E-state index contributed by atoms with van der Waals surface area (Å²) >= 11 is 0. The fraction of sp³-hybridized carbons (Fsp3) is 0.933. The third kappa shape index (κ3) is 2.79. The summed E-state index contributed by atoms with van der Waals surface area (Å²) in [6, 6.07) is 1.25. The van der Waals surface area contributed by atoms with Crippen LogP contribution in [0.4, 0.5) is 0 Å². The molecule has 2 saturated carbocycles. The first-order valence-corrected chi connectivity index (χ1v) is 7.92. The highest BCUT2D eigenvalue weighted by molar-refractivity contribution is 5.82. The van der Waals surface area contributed by atoms with E-state index in [-0.39, 0.29) is 5.97 Å². The number of carbonyl (C=O) groups is 1. The third-order valence-corrected chi connectivity index (χ3v) is 4.86. The minimum atomic E-state index is -0.423. The second-order valence-corrected chi connectivity index (χ2v) is 6.38. The van der Waals surface area contributed by atoms with Crippen LogP contribution in [-0.2, 0) is 9.53 Å². The number of hydrogen-bond donors (Lipinski definition) is 1. The summed E-state index contributed by atoms with van der Waals surface area (Å²) < 4.78 is 5.36. The Balaban J connectivity index is 1.69. The molecular formula is C15H26N2O2. The summed E-state index contributed by atoms with van der Waals surface area (Å²) in [5.41, 5.74) is -0.423. The van der Waals surface area contributed by atoms with Gasteiger partial charge in [-0.1, -0.05) is 12.8 Å². The van der Waals surface area contributed by atoms with Crippen LogP contribution in [0, 0.1) is 0 Å². The van der Waals surface area contributed by atoms with Crippen molar-refractivity contribution in [1.82, 2.24) is 10.2 Å². The monoisotopic (exact) mass is 266 g/mol. The average Bonchev–Trinajstić information content (AvgIpc) is 2.96. The molecule has 0 aromatic carbocycles. The van der Waals surface area contributed by atoms with Crippen molar-refractivity contribution in [2.45, 2.75) is 69.5 Å². The van der Waals surface area contributed by atoms with Crippen molar-refractivity contribution < 1.29 is 9.53 Å². The van der Waals surface area contributed by atoms with E-state index in [0.717, 1.165) is 25.6 Å². The van der Waals surface area contributed by atoms with Crippen molar-refractivity contribution in [2.24, 2.45) is 0 Å². The van der Waals surface area contributed by atoms with Crippen molar-refractivity contribution in [1.29, 1.82) is 0 Å². The van der Waals surface area contributed by atoms with Gasteiger partial charge in [-0.25, -0.2) is 4.79 Å². The van der Waals surface area contributed by atoms with E-state index in [1.807, 2.05) is 6.92 Å². The third-order valence-electron chi connectivity index (χ3n) is 4.86. The summed E-state index contributed by atoms with van der Waals surface area (Å²) in [5.74, 6) is -0.0231. The molecule has 1 N–H and O–H groups in total.